The Morgan fingerprint density at radius 3 is 2.55 bits per heavy atom. The fourth-order valence-electron chi connectivity index (χ4n) is 2.11. The third-order valence-corrected chi connectivity index (χ3v) is 3.35. The smallest absolute Gasteiger partial charge is 0.318 e. The molecular formula is C19H22N2O. The van der Waals surface area contributed by atoms with Crippen molar-refractivity contribution in [2.75, 3.05) is 6.54 Å². The topological polar surface area (TPSA) is 41.1 Å². The van der Waals surface area contributed by atoms with E-state index in [9.17, 15) is 4.79 Å². The Labute approximate surface area is 132 Å². The van der Waals surface area contributed by atoms with Gasteiger partial charge in [0.25, 0.3) is 0 Å². The highest BCUT2D eigenvalue weighted by molar-refractivity contribution is 5.75. The molecule has 2 N–H and O–H groups in total. The molecule has 0 heterocycles. The van der Waals surface area contributed by atoms with E-state index in [1.807, 2.05) is 31.2 Å². The fraction of sp³-hybridized carbons (Fsp3) is 0.211. The Hall–Kier alpha value is -2.55. The molecule has 0 aliphatic heterocycles. The number of hydrogen-bond donors (Lipinski definition) is 2. The maximum atomic E-state index is 11.7. The normalized spacial score (nSPS) is 10.6. The van der Waals surface area contributed by atoms with Crippen molar-refractivity contribution in [2.45, 2.75) is 20.3 Å². The number of carbonyl (C=O) groups excluding carboxylic acids is 1. The number of rotatable bonds is 5. The lowest BCUT2D eigenvalue weighted by atomic mass is 10.1. The standard InChI is InChI=1S/C19H22N2O/c1-15-6-8-17(9-7-15)10-12-20-19(22)21-13-11-18-5-3-4-16(2)14-18/h3-9,11,13-14H,10,12H2,1-2H3,(H2,20,21,22)/b13-11+. The molecule has 2 aromatic carbocycles. The van der Waals surface area contributed by atoms with Gasteiger partial charge >= 0.3 is 6.03 Å². The molecule has 114 valence electrons. The first kappa shape index (κ1) is 15.8. The number of carbonyl (C=O) groups is 1. The summed E-state index contributed by atoms with van der Waals surface area (Å²) in [6.45, 7) is 4.73. The quantitative estimate of drug-likeness (QED) is 0.865. The van der Waals surface area contributed by atoms with Crippen LogP contribution in [-0.2, 0) is 6.42 Å². The number of benzene rings is 2. The molecule has 3 heteroatoms. The van der Waals surface area contributed by atoms with Crippen molar-refractivity contribution in [1.82, 2.24) is 10.6 Å². The summed E-state index contributed by atoms with van der Waals surface area (Å²) in [6, 6.07) is 16.3. The van der Waals surface area contributed by atoms with Gasteiger partial charge in [0.1, 0.15) is 0 Å². The molecule has 0 unspecified atom stereocenters. The molecule has 0 aromatic heterocycles. The van der Waals surface area contributed by atoms with E-state index in [0.29, 0.717) is 6.54 Å². The molecule has 0 aliphatic rings. The van der Waals surface area contributed by atoms with Gasteiger partial charge in [-0.05, 0) is 37.5 Å². The van der Waals surface area contributed by atoms with E-state index in [4.69, 9.17) is 0 Å². The van der Waals surface area contributed by atoms with Crippen LogP contribution in [0.1, 0.15) is 22.3 Å². The monoisotopic (exact) mass is 294 g/mol. The second kappa shape index (κ2) is 8.03. The Morgan fingerprint density at radius 1 is 1.05 bits per heavy atom. The van der Waals surface area contributed by atoms with E-state index < -0.39 is 0 Å². The van der Waals surface area contributed by atoms with E-state index in [1.54, 1.807) is 6.20 Å². The molecule has 2 amide bonds. The second-order valence-corrected chi connectivity index (χ2v) is 5.38. The molecule has 0 spiro atoms. The van der Waals surface area contributed by atoms with Gasteiger partial charge in [-0.15, -0.1) is 0 Å². The van der Waals surface area contributed by atoms with Crippen LogP contribution in [0.15, 0.2) is 54.7 Å². The molecule has 0 saturated heterocycles. The first-order valence-corrected chi connectivity index (χ1v) is 7.46. The number of amides is 2. The Balaban J connectivity index is 1.70. The lowest BCUT2D eigenvalue weighted by Gasteiger charge is -2.05. The van der Waals surface area contributed by atoms with Crippen molar-refractivity contribution < 1.29 is 4.79 Å². The molecule has 3 nitrogen and oxygen atoms in total. The van der Waals surface area contributed by atoms with Crippen molar-refractivity contribution in [3.05, 3.63) is 77.0 Å². The Bertz CT molecular complexity index is 645. The van der Waals surface area contributed by atoms with Crippen LogP contribution >= 0.6 is 0 Å². The van der Waals surface area contributed by atoms with E-state index in [-0.39, 0.29) is 6.03 Å². The van der Waals surface area contributed by atoms with Gasteiger partial charge in [-0.1, -0.05) is 59.7 Å². The van der Waals surface area contributed by atoms with Gasteiger partial charge in [-0.3, -0.25) is 0 Å². The average Bonchev–Trinajstić information content (AvgIpc) is 2.49. The number of urea groups is 1. The van der Waals surface area contributed by atoms with E-state index in [0.717, 1.165) is 12.0 Å². The average molecular weight is 294 g/mol. The van der Waals surface area contributed by atoms with Crippen molar-refractivity contribution in [2.24, 2.45) is 0 Å². The maximum Gasteiger partial charge on any atom is 0.318 e. The Kier molecular flexibility index (Phi) is 5.78. The van der Waals surface area contributed by atoms with E-state index in [2.05, 4.69) is 47.9 Å². The van der Waals surface area contributed by atoms with E-state index >= 15 is 0 Å². The predicted octanol–water partition coefficient (Wildman–Crippen LogP) is 3.82. The summed E-state index contributed by atoms with van der Waals surface area (Å²) in [5.41, 5.74) is 4.74. The van der Waals surface area contributed by atoms with Crippen molar-refractivity contribution in [3.63, 3.8) is 0 Å². The number of aryl methyl sites for hydroxylation is 2. The lowest BCUT2D eigenvalue weighted by Crippen LogP contribution is -2.33. The van der Waals surface area contributed by atoms with Gasteiger partial charge < -0.3 is 10.6 Å². The number of nitrogens with one attached hydrogen (secondary N) is 2. The van der Waals surface area contributed by atoms with Crippen LogP contribution < -0.4 is 10.6 Å². The van der Waals surface area contributed by atoms with Crippen LogP contribution in [-0.4, -0.2) is 12.6 Å². The van der Waals surface area contributed by atoms with Crippen LogP contribution in [0.2, 0.25) is 0 Å². The second-order valence-electron chi connectivity index (χ2n) is 5.38. The minimum atomic E-state index is -0.184. The molecular weight excluding hydrogens is 272 g/mol. The molecule has 2 aromatic rings. The highest BCUT2D eigenvalue weighted by Crippen LogP contribution is 2.05. The van der Waals surface area contributed by atoms with Crippen LogP contribution in [0.5, 0.6) is 0 Å². The first-order valence-electron chi connectivity index (χ1n) is 7.46. The summed E-state index contributed by atoms with van der Waals surface area (Å²) in [4.78, 5) is 11.7. The predicted molar refractivity (Wildman–Crippen MR) is 91.6 cm³/mol. The van der Waals surface area contributed by atoms with Crippen molar-refractivity contribution in [1.29, 1.82) is 0 Å². The summed E-state index contributed by atoms with van der Waals surface area (Å²) >= 11 is 0. The third-order valence-electron chi connectivity index (χ3n) is 3.35. The zero-order valence-electron chi connectivity index (χ0n) is 13.1. The van der Waals surface area contributed by atoms with Gasteiger partial charge in [0.05, 0.1) is 0 Å². The summed E-state index contributed by atoms with van der Waals surface area (Å²) < 4.78 is 0. The summed E-state index contributed by atoms with van der Waals surface area (Å²) in [6.07, 6.45) is 4.37. The third kappa shape index (κ3) is 5.44. The van der Waals surface area contributed by atoms with Crippen LogP contribution in [0.4, 0.5) is 4.79 Å². The Morgan fingerprint density at radius 2 is 1.82 bits per heavy atom. The molecule has 0 bridgehead atoms. The minimum Gasteiger partial charge on any atom is -0.338 e. The van der Waals surface area contributed by atoms with Crippen LogP contribution in [0, 0.1) is 13.8 Å². The van der Waals surface area contributed by atoms with Crippen molar-refractivity contribution >= 4 is 12.1 Å². The molecule has 0 atom stereocenters. The van der Waals surface area contributed by atoms with Gasteiger partial charge in [-0.2, -0.15) is 0 Å². The molecule has 0 saturated carbocycles. The summed E-state index contributed by atoms with van der Waals surface area (Å²) in [7, 11) is 0. The van der Waals surface area contributed by atoms with Gasteiger partial charge in [0.2, 0.25) is 0 Å². The van der Waals surface area contributed by atoms with Crippen LogP contribution in [0.3, 0.4) is 0 Å². The highest BCUT2D eigenvalue weighted by atomic mass is 16.2. The lowest BCUT2D eigenvalue weighted by molar-refractivity contribution is 0.244. The first-order chi connectivity index (χ1) is 10.6. The van der Waals surface area contributed by atoms with Gasteiger partial charge in [0.15, 0.2) is 0 Å². The maximum absolute atomic E-state index is 11.7. The summed E-state index contributed by atoms with van der Waals surface area (Å²) in [5.74, 6) is 0. The minimum absolute atomic E-state index is 0.184. The van der Waals surface area contributed by atoms with Crippen molar-refractivity contribution in [3.8, 4) is 0 Å². The van der Waals surface area contributed by atoms with Gasteiger partial charge in [-0.25, -0.2) is 4.79 Å². The SMILES string of the molecule is Cc1ccc(CCNC(=O)N/C=C/c2cccc(C)c2)cc1. The zero-order valence-corrected chi connectivity index (χ0v) is 13.1. The molecule has 2 rings (SSSR count). The van der Waals surface area contributed by atoms with E-state index in [1.165, 1.54) is 16.7 Å². The largest absolute Gasteiger partial charge is 0.338 e. The molecule has 0 aliphatic carbocycles. The summed E-state index contributed by atoms with van der Waals surface area (Å²) in [5, 5.41) is 5.56. The molecule has 0 radical (unpaired) electrons. The molecule has 22 heavy (non-hydrogen) atoms. The number of hydrogen-bond acceptors (Lipinski definition) is 1. The highest BCUT2D eigenvalue weighted by Gasteiger charge is 1.97. The zero-order chi connectivity index (χ0) is 15.8. The van der Waals surface area contributed by atoms with Gasteiger partial charge in [0, 0.05) is 12.7 Å². The molecule has 0 fully saturated rings. The fourth-order valence-corrected chi connectivity index (χ4v) is 2.11. The van der Waals surface area contributed by atoms with Crippen LogP contribution in [0.25, 0.3) is 6.08 Å².